The minimum absolute atomic E-state index is 0.291. The number of para-hydroxylation sites is 2. The summed E-state index contributed by atoms with van der Waals surface area (Å²) >= 11 is 0. The van der Waals surface area contributed by atoms with E-state index in [0.717, 1.165) is 11.1 Å². The first-order valence-electron chi connectivity index (χ1n) is 12.3. The van der Waals surface area contributed by atoms with Crippen LogP contribution in [-0.4, -0.2) is 40.2 Å². The standard InChI is InChI=1S/C28H29N5O4/c1-3-35-22-12-11-18(16-23(22)36-4-2)13-14-30-28(34)24-25-27(32-21-10-6-5-9-20(21)31-25)33(26(24)29)17-19-8-7-15-37-19/h5-12,15-16H,3-4,13-14,17,29H2,1-2H3,(H,30,34). The molecule has 37 heavy (non-hydrogen) atoms. The van der Waals surface area contributed by atoms with E-state index in [9.17, 15) is 4.79 Å². The fourth-order valence-corrected chi connectivity index (χ4v) is 4.32. The highest BCUT2D eigenvalue weighted by Crippen LogP contribution is 2.30. The minimum Gasteiger partial charge on any atom is -0.490 e. The molecule has 0 fully saturated rings. The Balaban J connectivity index is 1.41. The molecule has 0 spiro atoms. The molecule has 0 aliphatic carbocycles. The van der Waals surface area contributed by atoms with Crippen LogP contribution in [-0.2, 0) is 13.0 Å². The van der Waals surface area contributed by atoms with Crippen LogP contribution in [0.25, 0.3) is 22.2 Å². The Labute approximate surface area is 214 Å². The molecule has 5 aromatic rings. The summed E-state index contributed by atoms with van der Waals surface area (Å²) in [7, 11) is 0. The van der Waals surface area contributed by atoms with Crippen molar-refractivity contribution in [2.75, 3.05) is 25.5 Å². The molecule has 2 aromatic carbocycles. The summed E-state index contributed by atoms with van der Waals surface area (Å²) < 4.78 is 18.6. The van der Waals surface area contributed by atoms with Gasteiger partial charge in [0, 0.05) is 6.54 Å². The Morgan fingerprint density at radius 2 is 1.76 bits per heavy atom. The highest BCUT2D eigenvalue weighted by Gasteiger charge is 2.24. The minimum atomic E-state index is -0.304. The van der Waals surface area contributed by atoms with Gasteiger partial charge in [0.1, 0.15) is 22.7 Å². The summed E-state index contributed by atoms with van der Waals surface area (Å²) in [6.07, 6.45) is 2.21. The van der Waals surface area contributed by atoms with Crippen LogP contribution in [0.3, 0.4) is 0 Å². The van der Waals surface area contributed by atoms with Crippen LogP contribution < -0.4 is 20.5 Å². The van der Waals surface area contributed by atoms with E-state index in [1.807, 2.05) is 68.4 Å². The van der Waals surface area contributed by atoms with Crippen molar-refractivity contribution in [3.05, 3.63) is 77.7 Å². The second kappa shape index (κ2) is 10.6. The predicted molar refractivity (Wildman–Crippen MR) is 142 cm³/mol. The number of hydrogen-bond acceptors (Lipinski definition) is 7. The van der Waals surface area contributed by atoms with Crippen LogP contribution in [0.4, 0.5) is 5.82 Å². The third-order valence-corrected chi connectivity index (χ3v) is 6.02. The zero-order chi connectivity index (χ0) is 25.8. The van der Waals surface area contributed by atoms with Gasteiger partial charge in [-0.1, -0.05) is 18.2 Å². The molecule has 0 saturated carbocycles. The molecule has 190 valence electrons. The Morgan fingerprint density at radius 3 is 2.49 bits per heavy atom. The molecule has 9 heteroatoms. The highest BCUT2D eigenvalue weighted by molar-refractivity contribution is 6.10. The van der Waals surface area contributed by atoms with Crippen LogP contribution in [0, 0.1) is 0 Å². The second-order valence-corrected chi connectivity index (χ2v) is 8.46. The molecule has 0 aliphatic rings. The number of amides is 1. The van der Waals surface area contributed by atoms with Gasteiger partial charge in [0.15, 0.2) is 17.1 Å². The summed E-state index contributed by atoms with van der Waals surface area (Å²) in [6.45, 7) is 5.71. The first kappa shape index (κ1) is 24.2. The molecule has 1 amide bonds. The zero-order valence-corrected chi connectivity index (χ0v) is 20.9. The van der Waals surface area contributed by atoms with Crippen molar-refractivity contribution in [3.63, 3.8) is 0 Å². The lowest BCUT2D eigenvalue weighted by Gasteiger charge is -2.12. The monoisotopic (exact) mass is 499 g/mol. The molecule has 3 N–H and O–H groups in total. The smallest absolute Gasteiger partial charge is 0.257 e. The molecule has 3 aromatic heterocycles. The van der Waals surface area contributed by atoms with Gasteiger partial charge in [-0.05, 0) is 62.2 Å². The van der Waals surface area contributed by atoms with Crippen LogP contribution in [0.2, 0.25) is 0 Å². The molecule has 0 atom stereocenters. The largest absolute Gasteiger partial charge is 0.490 e. The number of rotatable bonds is 10. The van der Waals surface area contributed by atoms with Crippen molar-refractivity contribution in [1.29, 1.82) is 0 Å². The molecule has 0 radical (unpaired) electrons. The number of hydrogen-bond donors (Lipinski definition) is 2. The first-order valence-corrected chi connectivity index (χ1v) is 12.3. The van der Waals surface area contributed by atoms with E-state index >= 15 is 0 Å². The molecule has 0 bridgehead atoms. The van der Waals surface area contributed by atoms with Crippen LogP contribution in [0.5, 0.6) is 11.5 Å². The van der Waals surface area contributed by atoms with E-state index < -0.39 is 0 Å². The second-order valence-electron chi connectivity index (χ2n) is 8.46. The predicted octanol–water partition coefficient (Wildman–Crippen LogP) is 4.58. The average molecular weight is 500 g/mol. The normalized spacial score (nSPS) is 11.2. The molecule has 0 unspecified atom stereocenters. The molecule has 0 aliphatic heterocycles. The summed E-state index contributed by atoms with van der Waals surface area (Å²) in [4.78, 5) is 22.9. The lowest BCUT2D eigenvalue weighted by Crippen LogP contribution is -2.26. The Morgan fingerprint density at radius 1 is 1.00 bits per heavy atom. The maximum absolute atomic E-state index is 13.4. The molecule has 5 rings (SSSR count). The van der Waals surface area contributed by atoms with Crippen LogP contribution in [0.15, 0.2) is 65.3 Å². The van der Waals surface area contributed by atoms with Crippen molar-refractivity contribution in [2.45, 2.75) is 26.8 Å². The van der Waals surface area contributed by atoms with Gasteiger partial charge in [-0.25, -0.2) is 9.97 Å². The molecular weight excluding hydrogens is 470 g/mol. The lowest BCUT2D eigenvalue weighted by atomic mass is 10.1. The number of aromatic nitrogens is 3. The molecule has 9 nitrogen and oxygen atoms in total. The van der Waals surface area contributed by atoms with Gasteiger partial charge >= 0.3 is 0 Å². The van der Waals surface area contributed by atoms with Crippen molar-refractivity contribution in [1.82, 2.24) is 19.9 Å². The zero-order valence-electron chi connectivity index (χ0n) is 20.9. The fourth-order valence-electron chi connectivity index (χ4n) is 4.32. The van der Waals surface area contributed by atoms with Gasteiger partial charge in [-0.15, -0.1) is 0 Å². The Hall–Kier alpha value is -4.53. The quantitative estimate of drug-likeness (QED) is 0.289. The first-order chi connectivity index (χ1) is 18.1. The maximum Gasteiger partial charge on any atom is 0.257 e. The number of nitrogen functional groups attached to an aromatic ring is 1. The van der Waals surface area contributed by atoms with Crippen molar-refractivity contribution >= 4 is 33.9 Å². The van der Waals surface area contributed by atoms with Crippen LogP contribution in [0.1, 0.15) is 35.5 Å². The average Bonchev–Trinajstić information content (AvgIpc) is 3.51. The van der Waals surface area contributed by atoms with Gasteiger partial charge in [-0.3, -0.25) is 4.79 Å². The SMILES string of the molecule is CCOc1ccc(CCNC(=O)c2c(N)n(Cc3ccco3)c3nc4ccccc4nc23)cc1OCC. The number of furan rings is 1. The number of ether oxygens (including phenoxy) is 2. The Kier molecular flexibility index (Phi) is 6.93. The van der Waals surface area contributed by atoms with Gasteiger partial charge in [-0.2, -0.15) is 0 Å². The fraction of sp³-hybridized carbons (Fsp3) is 0.250. The molecule has 3 heterocycles. The number of carbonyl (C=O) groups excluding carboxylic acids is 1. The Bertz CT molecular complexity index is 1540. The van der Waals surface area contributed by atoms with E-state index in [4.69, 9.17) is 29.6 Å². The van der Waals surface area contributed by atoms with Crippen molar-refractivity contribution in [3.8, 4) is 11.5 Å². The van der Waals surface area contributed by atoms with Gasteiger partial charge < -0.3 is 29.5 Å². The van der Waals surface area contributed by atoms with Crippen molar-refractivity contribution < 1.29 is 18.7 Å². The number of carbonyl (C=O) groups is 1. The summed E-state index contributed by atoms with van der Waals surface area (Å²) in [5, 5.41) is 3.00. The summed E-state index contributed by atoms with van der Waals surface area (Å²) in [5.74, 6) is 2.09. The van der Waals surface area contributed by atoms with Gasteiger partial charge in [0.25, 0.3) is 5.91 Å². The number of nitrogens with two attached hydrogens (primary N) is 1. The third-order valence-electron chi connectivity index (χ3n) is 6.02. The third kappa shape index (κ3) is 4.93. The van der Waals surface area contributed by atoms with Gasteiger partial charge in [0.05, 0.1) is 37.1 Å². The highest BCUT2D eigenvalue weighted by atomic mass is 16.5. The van der Waals surface area contributed by atoms with E-state index in [1.54, 1.807) is 10.8 Å². The van der Waals surface area contributed by atoms with Crippen LogP contribution >= 0.6 is 0 Å². The number of fused-ring (bicyclic) bond motifs is 2. The number of nitrogens with one attached hydrogen (secondary N) is 1. The lowest BCUT2D eigenvalue weighted by molar-refractivity contribution is 0.0956. The summed E-state index contributed by atoms with van der Waals surface area (Å²) in [5.41, 5.74) is 10.3. The van der Waals surface area contributed by atoms with E-state index in [0.29, 0.717) is 78.0 Å². The number of nitrogens with zero attached hydrogens (tertiary/aromatic N) is 3. The van der Waals surface area contributed by atoms with E-state index in [2.05, 4.69) is 5.32 Å². The molecular formula is C28H29N5O4. The topological polar surface area (TPSA) is 117 Å². The van der Waals surface area contributed by atoms with Crippen molar-refractivity contribution in [2.24, 2.45) is 0 Å². The number of anilines is 1. The molecule has 0 saturated heterocycles. The van der Waals surface area contributed by atoms with E-state index in [-0.39, 0.29) is 5.91 Å². The van der Waals surface area contributed by atoms with Gasteiger partial charge in [0.2, 0.25) is 0 Å². The van der Waals surface area contributed by atoms with E-state index in [1.165, 1.54) is 0 Å². The number of benzene rings is 2. The summed E-state index contributed by atoms with van der Waals surface area (Å²) in [6, 6.07) is 17.0. The maximum atomic E-state index is 13.4.